The van der Waals surface area contributed by atoms with Crippen LogP contribution < -0.4 is 5.32 Å². The van der Waals surface area contributed by atoms with Gasteiger partial charge in [0.2, 0.25) is 0 Å². The highest BCUT2D eigenvalue weighted by molar-refractivity contribution is 7.99. The van der Waals surface area contributed by atoms with Crippen LogP contribution >= 0.6 is 11.8 Å². The molecule has 0 bridgehead atoms. The Hall–Kier alpha value is -1.99. The number of nitrogens with zero attached hydrogens (tertiary/aromatic N) is 3. The predicted octanol–water partition coefficient (Wildman–Crippen LogP) is 3.03. The van der Waals surface area contributed by atoms with E-state index in [-0.39, 0.29) is 5.69 Å². The Morgan fingerprint density at radius 2 is 1.95 bits per heavy atom. The highest BCUT2D eigenvalue weighted by Crippen LogP contribution is 2.32. The second-order valence-electron chi connectivity index (χ2n) is 4.74. The first-order valence-electron chi connectivity index (χ1n) is 6.52. The molecule has 0 saturated carbocycles. The van der Waals surface area contributed by atoms with Crippen LogP contribution in [0.25, 0.3) is 0 Å². The molecule has 110 valence electrons. The van der Waals surface area contributed by atoms with Gasteiger partial charge in [0.25, 0.3) is 5.69 Å². The first-order chi connectivity index (χ1) is 10.1. The number of benzene rings is 1. The molecule has 2 aromatic rings. The molecular formula is C14H16N4O2S. The normalized spacial score (nSPS) is 10.8. The molecule has 6 nitrogen and oxygen atoms in total. The topological polar surface area (TPSA) is 81.0 Å². The van der Waals surface area contributed by atoms with Crippen LogP contribution in [0.4, 0.5) is 5.69 Å². The molecule has 1 heterocycles. The van der Waals surface area contributed by atoms with E-state index >= 15 is 0 Å². The lowest BCUT2D eigenvalue weighted by Gasteiger charge is -2.07. The van der Waals surface area contributed by atoms with Gasteiger partial charge in [0.15, 0.2) is 5.16 Å². The minimum atomic E-state index is -0.400. The van der Waals surface area contributed by atoms with E-state index in [0.29, 0.717) is 22.6 Å². The molecular weight excluding hydrogens is 288 g/mol. The standard InChI is InChI=1S/C14H16N4O2S/c1-10(2)15-7-11-8-16-14(17-9-11)21-13-6-4-3-5-12(13)18(19)20/h3-6,8-10,15H,7H2,1-2H3. The molecule has 0 unspecified atom stereocenters. The van der Waals surface area contributed by atoms with Crippen molar-refractivity contribution in [2.75, 3.05) is 0 Å². The van der Waals surface area contributed by atoms with Gasteiger partial charge >= 0.3 is 0 Å². The first-order valence-corrected chi connectivity index (χ1v) is 7.33. The molecule has 0 saturated heterocycles. The molecule has 2 rings (SSSR count). The highest BCUT2D eigenvalue weighted by Gasteiger charge is 2.14. The molecule has 0 aliphatic carbocycles. The summed E-state index contributed by atoms with van der Waals surface area (Å²) in [4.78, 5) is 19.6. The second-order valence-corrected chi connectivity index (χ2v) is 5.75. The Balaban J connectivity index is 2.09. The summed E-state index contributed by atoms with van der Waals surface area (Å²) < 4.78 is 0. The lowest BCUT2D eigenvalue weighted by atomic mass is 10.3. The zero-order valence-electron chi connectivity index (χ0n) is 11.8. The summed E-state index contributed by atoms with van der Waals surface area (Å²) in [5.41, 5.74) is 1.05. The highest BCUT2D eigenvalue weighted by atomic mass is 32.2. The van der Waals surface area contributed by atoms with Crippen molar-refractivity contribution in [1.29, 1.82) is 0 Å². The van der Waals surface area contributed by atoms with Crippen molar-refractivity contribution in [3.8, 4) is 0 Å². The van der Waals surface area contributed by atoms with Gasteiger partial charge in [-0.25, -0.2) is 9.97 Å². The van der Waals surface area contributed by atoms with E-state index in [1.54, 1.807) is 30.6 Å². The smallest absolute Gasteiger partial charge is 0.283 e. The minimum Gasteiger partial charge on any atom is -0.310 e. The van der Waals surface area contributed by atoms with Gasteiger partial charge in [-0.05, 0) is 17.8 Å². The Morgan fingerprint density at radius 1 is 1.29 bits per heavy atom. The average molecular weight is 304 g/mol. The van der Waals surface area contributed by atoms with E-state index in [9.17, 15) is 10.1 Å². The van der Waals surface area contributed by atoms with Gasteiger partial charge in [-0.1, -0.05) is 26.0 Å². The number of rotatable bonds is 6. The van der Waals surface area contributed by atoms with E-state index in [4.69, 9.17) is 0 Å². The third-order valence-corrected chi connectivity index (χ3v) is 3.62. The summed E-state index contributed by atoms with van der Waals surface area (Å²) in [6.45, 7) is 4.84. The maximum atomic E-state index is 11.0. The molecule has 1 N–H and O–H groups in total. The second kappa shape index (κ2) is 7.14. The van der Waals surface area contributed by atoms with Crippen LogP contribution in [0.1, 0.15) is 19.4 Å². The SMILES string of the molecule is CC(C)NCc1cnc(Sc2ccccc2[N+](=O)[O-])nc1. The van der Waals surface area contributed by atoms with Gasteiger partial charge in [0, 0.05) is 36.6 Å². The minimum absolute atomic E-state index is 0.0663. The number of aromatic nitrogens is 2. The van der Waals surface area contributed by atoms with Crippen LogP contribution in [0.3, 0.4) is 0 Å². The number of para-hydroxylation sites is 1. The summed E-state index contributed by atoms with van der Waals surface area (Å²) >= 11 is 1.19. The fourth-order valence-corrected chi connectivity index (χ4v) is 2.40. The summed E-state index contributed by atoms with van der Waals surface area (Å²) in [5.74, 6) is 0. The molecule has 21 heavy (non-hydrogen) atoms. The zero-order chi connectivity index (χ0) is 15.2. The van der Waals surface area contributed by atoms with Crippen molar-refractivity contribution in [2.24, 2.45) is 0 Å². The third kappa shape index (κ3) is 4.51. The molecule has 0 spiro atoms. The summed E-state index contributed by atoms with van der Waals surface area (Å²) in [5, 5.41) is 14.7. The molecule has 7 heteroatoms. The van der Waals surface area contributed by atoms with Gasteiger partial charge < -0.3 is 5.32 Å². The Kier molecular flexibility index (Phi) is 5.24. The van der Waals surface area contributed by atoms with Crippen LogP contribution in [-0.4, -0.2) is 20.9 Å². The fraction of sp³-hybridized carbons (Fsp3) is 0.286. The van der Waals surface area contributed by atoms with Gasteiger partial charge in [-0.15, -0.1) is 0 Å². The van der Waals surface area contributed by atoms with Crippen molar-refractivity contribution in [2.45, 2.75) is 36.5 Å². The number of hydrogen-bond acceptors (Lipinski definition) is 6. The monoisotopic (exact) mass is 304 g/mol. The molecule has 1 aromatic carbocycles. The lowest BCUT2D eigenvalue weighted by molar-refractivity contribution is -0.387. The number of nitro groups is 1. The maximum absolute atomic E-state index is 11.0. The van der Waals surface area contributed by atoms with Crippen molar-refractivity contribution in [3.05, 3.63) is 52.3 Å². The van der Waals surface area contributed by atoms with E-state index in [2.05, 4.69) is 29.1 Å². The largest absolute Gasteiger partial charge is 0.310 e. The maximum Gasteiger partial charge on any atom is 0.283 e. The van der Waals surface area contributed by atoms with Crippen LogP contribution in [0.5, 0.6) is 0 Å². The van der Waals surface area contributed by atoms with Crippen LogP contribution in [0.2, 0.25) is 0 Å². The van der Waals surface area contributed by atoms with Gasteiger partial charge in [-0.2, -0.15) is 0 Å². The first kappa shape index (κ1) is 15.4. The Bertz CT molecular complexity index is 617. The van der Waals surface area contributed by atoms with Gasteiger partial charge in [0.05, 0.1) is 9.82 Å². The molecule has 0 radical (unpaired) electrons. The fourth-order valence-electron chi connectivity index (χ4n) is 1.60. The molecule has 0 atom stereocenters. The summed E-state index contributed by atoms with van der Waals surface area (Å²) in [6, 6.07) is 6.97. The van der Waals surface area contributed by atoms with Gasteiger partial charge in [0.1, 0.15) is 0 Å². The molecule has 0 aliphatic heterocycles. The van der Waals surface area contributed by atoms with E-state index in [1.807, 2.05) is 0 Å². The number of nitrogens with one attached hydrogen (secondary N) is 1. The quantitative estimate of drug-likeness (QED) is 0.502. The lowest BCUT2D eigenvalue weighted by Crippen LogP contribution is -2.21. The van der Waals surface area contributed by atoms with E-state index in [1.165, 1.54) is 17.8 Å². The van der Waals surface area contributed by atoms with Gasteiger partial charge in [-0.3, -0.25) is 10.1 Å². The predicted molar refractivity (Wildman–Crippen MR) is 81.2 cm³/mol. The van der Waals surface area contributed by atoms with Crippen LogP contribution in [0.15, 0.2) is 46.7 Å². The molecule has 0 amide bonds. The summed E-state index contributed by atoms with van der Waals surface area (Å²) in [7, 11) is 0. The average Bonchev–Trinajstić information content (AvgIpc) is 2.47. The molecule has 1 aromatic heterocycles. The zero-order valence-corrected chi connectivity index (χ0v) is 12.6. The summed E-state index contributed by atoms with van der Waals surface area (Å²) in [6.07, 6.45) is 3.47. The molecule has 0 aliphatic rings. The molecule has 0 fully saturated rings. The van der Waals surface area contributed by atoms with E-state index in [0.717, 1.165) is 5.56 Å². The Morgan fingerprint density at radius 3 is 2.57 bits per heavy atom. The number of nitro benzene ring substituents is 1. The van der Waals surface area contributed by atoms with Crippen molar-refractivity contribution in [3.63, 3.8) is 0 Å². The van der Waals surface area contributed by atoms with Crippen LogP contribution in [0, 0.1) is 10.1 Å². The van der Waals surface area contributed by atoms with E-state index < -0.39 is 4.92 Å². The van der Waals surface area contributed by atoms with Crippen molar-refractivity contribution >= 4 is 17.4 Å². The third-order valence-electron chi connectivity index (χ3n) is 2.66. The number of hydrogen-bond donors (Lipinski definition) is 1. The van der Waals surface area contributed by atoms with Crippen molar-refractivity contribution in [1.82, 2.24) is 15.3 Å². The Labute approximate surface area is 127 Å². The van der Waals surface area contributed by atoms with Crippen molar-refractivity contribution < 1.29 is 4.92 Å². The van der Waals surface area contributed by atoms with Crippen LogP contribution in [-0.2, 0) is 6.54 Å².